The van der Waals surface area contributed by atoms with Crippen LogP contribution in [0.5, 0.6) is 5.75 Å². The molecule has 1 aliphatic carbocycles. The lowest BCUT2D eigenvalue weighted by Gasteiger charge is -2.37. The number of aliphatic hydroxyl groups is 1. The van der Waals surface area contributed by atoms with E-state index in [0.717, 1.165) is 24.8 Å². The Morgan fingerprint density at radius 1 is 1.32 bits per heavy atom. The number of alkyl halides is 2. The van der Waals surface area contributed by atoms with E-state index in [4.69, 9.17) is 0 Å². The first-order valence-electron chi connectivity index (χ1n) is 6.49. The molecule has 0 heterocycles. The smallest absolute Gasteiger partial charge is 0.387 e. The number of benzene rings is 1. The van der Waals surface area contributed by atoms with Gasteiger partial charge in [0.05, 0.1) is 5.60 Å². The first-order valence-corrected chi connectivity index (χ1v) is 6.49. The first kappa shape index (κ1) is 14.2. The normalized spacial score (nSPS) is 19.0. The zero-order valence-corrected chi connectivity index (χ0v) is 10.9. The van der Waals surface area contributed by atoms with Crippen LogP contribution in [0.2, 0.25) is 0 Å². The van der Waals surface area contributed by atoms with Crippen molar-refractivity contribution in [1.82, 2.24) is 5.32 Å². The molecule has 1 aromatic rings. The highest BCUT2D eigenvalue weighted by molar-refractivity contribution is 5.29. The average Bonchev–Trinajstić information content (AvgIpc) is 2.34. The maximum atomic E-state index is 12.0. The molecule has 5 heteroatoms. The van der Waals surface area contributed by atoms with Gasteiger partial charge in [-0.2, -0.15) is 8.78 Å². The molecule has 0 aliphatic heterocycles. The lowest BCUT2D eigenvalue weighted by molar-refractivity contribution is -0.0499. The Balaban J connectivity index is 1.86. The van der Waals surface area contributed by atoms with Gasteiger partial charge in [0.15, 0.2) is 0 Å². The van der Waals surface area contributed by atoms with Crippen LogP contribution in [-0.2, 0) is 0 Å². The summed E-state index contributed by atoms with van der Waals surface area (Å²) in [4.78, 5) is 0. The predicted molar refractivity (Wildman–Crippen MR) is 68.3 cm³/mol. The summed E-state index contributed by atoms with van der Waals surface area (Å²) in [6.07, 6.45) is 2.76. The minimum absolute atomic E-state index is 0.0604. The van der Waals surface area contributed by atoms with E-state index in [1.807, 2.05) is 6.92 Å². The Morgan fingerprint density at radius 3 is 2.42 bits per heavy atom. The minimum atomic E-state index is -2.80. The van der Waals surface area contributed by atoms with Crippen LogP contribution in [0.1, 0.15) is 37.8 Å². The van der Waals surface area contributed by atoms with E-state index < -0.39 is 12.2 Å². The maximum Gasteiger partial charge on any atom is 0.387 e. The summed E-state index contributed by atoms with van der Waals surface area (Å²) >= 11 is 0. The molecule has 0 radical (unpaired) electrons. The maximum absolute atomic E-state index is 12.0. The molecule has 1 aromatic carbocycles. The van der Waals surface area contributed by atoms with Gasteiger partial charge in [-0.1, -0.05) is 12.1 Å². The second kappa shape index (κ2) is 5.84. The van der Waals surface area contributed by atoms with E-state index in [2.05, 4.69) is 10.1 Å². The fraction of sp³-hybridized carbons (Fsp3) is 0.571. The van der Waals surface area contributed by atoms with Crippen LogP contribution in [0, 0.1) is 0 Å². The fourth-order valence-corrected chi connectivity index (χ4v) is 2.16. The highest BCUT2D eigenvalue weighted by Gasteiger charge is 2.34. The van der Waals surface area contributed by atoms with Gasteiger partial charge in [-0.05, 0) is 43.9 Å². The van der Waals surface area contributed by atoms with Crippen molar-refractivity contribution in [3.63, 3.8) is 0 Å². The van der Waals surface area contributed by atoms with Crippen LogP contribution >= 0.6 is 0 Å². The lowest BCUT2D eigenvalue weighted by atomic mass is 9.80. The number of rotatable bonds is 6. The summed E-state index contributed by atoms with van der Waals surface area (Å²) in [5, 5.41) is 13.2. The second-order valence-corrected chi connectivity index (χ2v) is 5.13. The summed E-state index contributed by atoms with van der Waals surface area (Å²) in [5.41, 5.74) is 0.414. The molecule has 2 rings (SSSR count). The van der Waals surface area contributed by atoms with E-state index in [0.29, 0.717) is 6.54 Å². The highest BCUT2D eigenvalue weighted by atomic mass is 19.3. The number of nitrogens with one attached hydrogen (secondary N) is 1. The van der Waals surface area contributed by atoms with Crippen LogP contribution in [0.4, 0.5) is 8.78 Å². The number of hydrogen-bond donors (Lipinski definition) is 2. The third kappa shape index (κ3) is 3.88. The van der Waals surface area contributed by atoms with Gasteiger partial charge in [0, 0.05) is 12.6 Å². The van der Waals surface area contributed by atoms with E-state index in [1.54, 1.807) is 12.1 Å². The molecule has 19 heavy (non-hydrogen) atoms. The van der Waals surface area contributed by atoms with Crippen molar-refractivity contribution in [2.75, 3.05) is 6.54 Å². The van der Waals surface area contributed by atoms with Crippen molar-refractivity contribution in [2.45, 2.75) is 44.4 Å². The Kier molecular flexibility index (Phi) is 4.37. The van der Waals surface area contributed by atoms with Crippen LogP contribution in [0.3, 0.4) is 0 Å². The molecule has 2 N–H and O–H groups in total. The summed E-state index contributed by atoms with van der Waals surface area (Å²) in [5.74, 6) is 0.156. The topological polar surface area (TPSA) is 41.5 Å². The van der Waals surface area contributed by atoms with Gasteiger partial charge in [0.2, 0.25) is 0 Å². The van der Waals surface area contributed by atoms with Gasteiger partial charge in [-0.25, -0.2) is 0 Å². The Hall–Kier alpha value is -1.20. The monoisotopic (exact) mass is 271 g/mol. The second-order valence-electron chi connectivity index (χ2n) is 5.13. The number of hydrogen-bond acceptors (Lipinski definition) is 3. The zero-order chi connectivity index (χ0) is 13.9. The van der Waals surface area contributed by atoms with Gasteiger partial charge >= 0.3 is 6.61 Å². The highest BCUT2D eigenvalue weighted by Crippen LogP contribution is 2.31. The summed E-state index contributed by atoms with van der Waals surface area (Å²) < 4.78 is 28.3. The van der Waals surface area contributed by atoms with Crippen molar-refractivity contribution in [3.05, 3.63) is 29.8 Å². The van der Waals surface area contributed by atoms with Crippen molar-refractivity contribution < 1.29 is 18.6 Å². The molecule has 0 bridgehead atoms. The molecular formula is C14H19F2NO2. The van der Waals surface area contributed by atoms with E-state index in [1.165, 1.54) is 12.1 Å². The van der Waals surface area contributed by atoms with E-state index in [-0.39, 0.29) is 11.8 Å². The molecule has 1 saturated carbocycles. The number of ether oxygens (including phenoxy) is 1. The molecule has 1 unspecified atom stereocenters. The van der Waals surface area contributed by atoms with Crippen molar-refractivity contribution >= 4 is 0 Å². The largest absolute Gasteiger partial charge is 0.435 e. The van der Waals surface area contributed by atoms with Gasteiger partial charge in [0.25, 0.3) is 0 Å². The quantitative estimate of drug-likeness (QED) is 0.836. The molecule has 1 atom stereocenters. The molecule has 0 amide bonds. The van der Waals surface area contributed by atoms with Crippen molar-refractivity contribution in [1.29, 1.82) is 0 Å². The Morgan fingerprint density at radius 2 is 1.95 bits per heavy atom. The van der Waals surface area contributed by atoms with Crippen LogP contribution in [0.15, 0.2) is 24.3 Å². The molecule has 0 spiro atoms. The fourth-order valence-electron chi connectivity index (χ4n) is 2.16. The zero-order valence-electron chi connectivity index (χ0n) is 10.9. The Labute approximate surface area is 111 Å². The minimum Gasteiger partial charge on any atom is -0.435 e. The van der Waals surface area contributed by atoms with Gasteiger partial charge < -0.3 is 15.2 Å². The standard InChI is InChI=1S/C14H19F2NO2/c1-10(17-9-14(18)7-2-8-14)11-3-5-12(6-4-11)19-13(15)16/h3-6,10,13,17-18H,2,7-9H2,1H3. The molecule has 1 fully saturated rings. The van der Waals surface area contributed by atoms with Gasteiger partial charge in [-0.15, -0.1) is 0 Å². The molecule has 3 nitrogen and oxygen atoms in total. The van der Waals surface area contributed by atoms with Crippen LogP contribution in [-0.4, -0.2) is 23.9 Å². The van der Waals surface area contributed by atoms with Crippen molar-refractivity contribution in [3.8, 4) is 5.75 Å². The molecule has 106 valence electrons. The lowest BCUT2D eigenvalue weighted by Crippen LogP contribution is -2.46. The summed E-state index contributed by atoms with van der Waals surface area (Å²) in [6, 6.07) is 6.61. The molecule has 0 saturated heterocycles. The molecule has 0 aromatic heterocycles. The first-order chi connectivity index (χ1) is 8.98. The predicted octanol–water partition coefficient (Wildman–Crippen LogP) is 2.85. The van der Waals surface area contributed by atoms with Crippen molar-refractivity contribution in [2.24, 2.45) is 0 Å². The van der Waals surface area contributed by atoms with Crippen LogP contribution in [0.25, 0.3) is 0 Å². The number of halogens is 2. The SMILES string of the molecule is CC(NCC1(O)CCC1)c1ccc(OC(F)F)cc1. The van der Waals surface area contributed by atoms with Gasteiger partial charge in [0.1, 0.15) is 5.75 Å². The van der Waals surface area contributed by atoms with E-state index in [9.17, 15) is 13.9 Å². The molecule has 1 aliphatic rings. The third-order valence-electron chi connectivity index (χ3n) is 3.63. The molecular weight excluding hydrogens is 252 g/mol. The third-order valence-corrected chi connectivity index (χ3v) is 3.63. The van der Waals surface area contributed by atoms with Gasteiger partial charge in [-0.3, -0.25) is 0 Å². The summed E-state index contributed by atoms with van der Waals surface area (Å²) in [7, 11) is 0. The van der Waals surface area contributed by atoms with Crippen LogP contribution < -0.4 is 10.1 Å². The average molecular weight is 271 g/mol. The Bertz CT molecular complexity index is 404. The van der Waals surface area contributed by atoms with E-state index >= 15 is 0 Å². The summed E-state index contributed by atoms with van der Waals surface area (Å²) in [6.45, 7) is -0.261.